The number of nitrogens with one attached hydrogen (secondary N) is 3. The van der Waals surface area contributed by atoms with Crippen molar-refractivity contribution in [3.8, 4) is 0 Å². The smallest absolute Gasteiger partial charge is 0.386 e. The van der Waals surface area contributed by atoms with Gasteiger partial charge in [0.05, 0.1) is 20.8 Å². The summed E-state index contributed by atoms with van der Waals surface area (Å²) in [6, 6.07) is 11.6. The number of fused-ring (bicyclic) bond motifs is 2. The Hall–Kier alpha value is -4.97. The van der Waals surface area contributed by atoms with Gasteiger partial charge in [0.25, 0.3) is 11.8 Å². The van der Waals surface area contributed by atoms with Crippen molar-refractivity contribution < 1.29 is 42.6 Å². The molecule has 3 fully saturated rings. The van der Waals surface area contributed by atoms with Crippen LogP contribution in [0.4, 0.5) is 24.5 Å². The van der Waals surface area contributed by atoms with Crippen LogP contribution in [0.25, 0.3) is 10.2 Å². The molecule has 4 aliphatic rings. The third kappa shape index (κ3) is 9.61. The van der Waals surface area contributed by atoms with Gasteiger partial charge in [-0.1, -0.05) is 12.1 Å². The first-order chi connectivity index (χ1) is 29.9. The number of imide groups is 1. The van der Waals surface area contributed by atoms with Crippen molar-refractivity contribution in [3.63, 3.8) is 0 Å². The molecule has 0 bridgehead atoms. The number of carbonyl (C=O) groups excluding carboxylic acids is 4. The highest BCUT2D eigenvalue weighted by Gasteiger charge is 2.45. The Morgan fingerprint density at radius 1 is 0.937 bits per heavy atom. The van der Waals surface area contributed by atoms with E-state index in [0.29, 0.717) is 58.0 Å². The molecule has 4 amide bonds. The Morgan fingerprint density at radius 2 is 1.65 bits per heavy atom. The van der Waals surface area contributed by atoms with Gasteiger partial charge in [0.2, 0.25) is 11.8 Å². The quantitative estimate of drug-likeness (QED) is 0.0886. The second-order valence-corrected chi connectivity index (χ2v) is 19.3. The van der Waals surface area contributed by atoms with Crippen molar-refractivity contribution in [1.82, 2.24) is 25.1 Å². The summed E-state index contributed by atoms with van der Waals surface area (Å²) >= 11 is 1.55. The highest BCUT2D eigenvalue weighted by Crippen LogP contribution is 2.43. The molecule has 2 atom stereocenters. The van der Waals surface area contributed by atoms with Crippen LogP contribution in [0, 0.1) is 11.8 Å². The van der Waals surface area contributed by atoms with Crippen LogP contribution < -0.4 is 16.0 Å². The zero-order valence-electron chi connectivity index (χ0n) is 35.6. The summed E-state index contributed by atoms with van der Waals surface area (Å²) in [5.41, 5.74) is 0.0179. The first kappa shape index (κ1) is 44.6. The lowest BCUT2D eigenvalue weighted by Gasteiger charge is -2.38. The fraction of sp³-hybridized carbons (Fsp3) is 0.522. The lowest BCUT2D eigenvalue weighted by Crippen LogP contribution is -2.53. The number of hydrogen-bond donors (Lipinski definition) is 5. The van der Waals surface area contributed by atoms with Gasteiger partial charge in [0.1, 0.15) is 17.4 Å². The molecule has 17 heteroatoms. The summed E-state index contributed by atoms with van der Waals surface area (Å²) < 4.78 is 40.6. The number of aliphatic hydroxyl groups excluding tert-OH is 1. The molecule has 4 aromatic rings. The molecule has 8 rings (SSSR count). The molecule has 2 aromatic carbocycles. The average molecular weight is 890 g/mol. The number of carbonyl (C=O) groups is 4. The molecular weight excluding hydrogens is 836 g/mol. The van der Waals surface area contributed by atoms with Gasteiger partial charge in [0.15, 0.2) is 6.23 Å². The molecule has 2 aromatic heterocycles. The number of halogens is 3. The van der Waals surface area contributed by atoms with Crippen molar-refractivity contribution >= 4 is 56.6 Å². The Morgan fingerprint density at radius 3 is 2.35 bits per heavy atom. The second kappa shape index (κ2) is 17.9. The zero-order chi connectivity index (χ0) is 44.8. The van der Waals surface area contributed by atoms with Crippen LogP contribution in [0.1, 0.15) is 139 Å². The molecule has 2 aliphatic heterocycles. The number of hydrogen-bond acceptors (Lipinski definition) is 11. The van der Waals surface area contributed by atoms with Gasteiger partial charge in [0, 0.05) is 59.5 Å². The van der Waals surface area contributed by atoms with Crippen LogP contribution in [-0.2, 0) is 21.4 Å². The molecule has 1 saturated heterocycles. The number of aromatic nitrogens is 2. The number of aliphatic hydroxyl groups is 2. The first-order valence-corrected chi connectivity index (χ1v) is 22.7. The Balaban J connectivity index is 0.804. The van der Waals surface area contributed by atoms with Gasteiger partial charge in [-0.3, -0.25) is 29.4 Å². The monoisotopic (exact) mass is 889 g/mol. The van der Waals surface area contributed by atoms with E-state index in [9.17, 15) is 42.6 Å². The van der Waals surface area contributed by atoms with Gasteiger partial charge >= 0.3 is 6.18 Å². The number of alkyl halides is 3. The first-order valence-electron chi connectivity index (χ1n) is 21.9. The Labute approximate surface area is 367 Å². The lowest BCUT2D eigenvalue weighted by atomic mass is 9.80. The molecule has 2 saturated carbocycles. The van der Waals surface area contributed by atoms with E-state index in [1.54, 1.807) is 49.4 Å². The predicted molar refractivity (Wildman–Crippen MR) is 232 cm³/mol. The molecule has 63 heavy (non-hydrogen) atoms. The van der Waals surface area contributed by atoms with Gasteiger partial charge in [-0.15, -0.1) is 11.3 Å². The van der Waals surface area contributed by atoms with Crippen LogP contribution >= 0.6 is 11.3 Å². The van der Waals surface area contributed by atoms with Gasteiger partial charge in [-0.05, 0) is 133 Å². The number of thiazole rings is 1. The maximum Gasteiger partial charge on any atom is 0.433 e. The van der Waals surface area contributed by atoms with Gasteiger partial charge in [-0.2, -0.15) is 13.2 Å². The summed E-state index contributed by atoms with van der Waals surface area (Å²) in [6.07, 6.45) is 3.97. The minimum Gasteiger partial charge on any atom is -0.386 e. The Bertz CT molecular complexity index is 2390. The molecule has 0 radical (unpaired) electrons. The average Bonchev–Trinajstić information content (AvgIpc) is 3.78. The molecule has 5 N–H and O–H groups in total. The molecule has 13 nitrogen and oxygen atoms in total. The molecular formula is C46H54F3N7O6S. The molecule has 336 valence electrons. The molecule has 4 heterocycles. The summed E-state index contributed by atoms with van der Waals surface area (Å²) in [5.74, 6) is -0.730. The van der Waals surface area contributed by atoms with Crippen LogP contribution in [0.15, 0.2) is 48.5 Å². The van der Waals surface area contributed by atoms with Crippen LogP contribution in [0.5, 0.6) is 0 Å². The maximum absolute atomic E-state index is 13.3. The van der Waals surface area contributed by atoms with E-state index in [4.69, 9.17) is 4.98 Å². The summed E-state index contributed by atoms with van der Waals surface area (Å²) in [4.78, 5) is 62.8. The van der Waals surface area contributed by atoms with E-state index in [0.717, 1.165) is 86.2 Å². The van der Waals surface area contributed by atoms with E-state index >= 15 is 0 Å². The number of pyridine rings is 1. The summed E-state index contributed by atoms with van der Waals surface area (Å²) in [6.45, 7) is 4.90. The number of benzene rings is 2. The van der Waals surface area contributed by atoms with Crippen molar-refractivity contribution in [3.05, 3.63) is 81.6 Å². The predicted octanol–water partition coefficient (Wildman–Crippen LogP) is 7.71. The van der Waals surface area contributed by atoms with Crippen molar-refractivity contribution in [2.75, 3.05) is 30.8 Å². The van der Waals surface area contributed by atoms with Gasteiger partial charge in [-0.25, -0.2) is 9.97 Å². The fourth-order valence-corrected chi connectivity index (χ4v) is 11.1. The van der Waals surface area contributed by atoms with Crippen molar-refractivity contribution in [2.24, 2.45) is 11.8 Å². The SMILES string of the molecule is CN(CC1CCC(c2nc3cc(C(C)(C)O)c(NC(=O)c4cccc(C(F)(F)F)n4)cc3s2)CC1)C1CCC(CCNc2cccc3c2C(O)N(C2CCC(=O)NC2=O)C3=O)CC1. The van der Waals surface area contributed by atoms with E-state index in [1.165, 1.54) is 11.0 Å². The second-order valence-electron chi connectivity index (χ2n) is 18.2. The Kier molecular flexibility index (Phi) is 12.7. The highest BCUT2D eigenvalue weighted by atomic mass is 32.1. The number of anilines is 2. The fourth-order valence-electron chi connectivity index (χ4n) is 9.95. The van der Waals surface area contributed by atoms with Crippen LogP contribution in [0.2, 0.25) is 0 Å². The number of nitrogens with zero attached hydrogens (tertiary/aromatic N) is 4. The van der Waals surface area contributed by atoms with Crippen LogP contribution in [-0.4, -0.2) is 85.8 Å². The molecule has 2 unspecified atom stereocenters. The third-order valence-electron chi connectivity index (χ3n) is 13.4. The van der Waals surface area contributed by atoms with E-state index in [1.807, 2.05) is 6.07 Å². The van der Waals surface area contributed by atoms with E-state index in [-0.39, 0.29) is 30.4 Å². The van der Waals surface area contributed by atoms with Crippen LogP contribution in [0.3, 0.4) is 0 Å². The molecule has 0 spiro atoms. The minimum absolute atomic E-state index is 0.115. The topological polar surface area (TPSA) is 177 Å². The van der Waals surface area contributed by atoms with E-state index < -0.39 is 47.5 Å². The lowest BCUT2D eigenvalue weighted by molar-refractivity contribution is -0.141. The van der Waals surface area contributed by atoms with Crippen molar-refractivity contribution in [1.29, 1.82) is 0 Å². The minimum atomic E-state index is -4.69. The molecule has 2 aliphatic carbocycles. The van der Waals surface area contributed by atoms with Gasteiger partial charge < -0.3 is 25.7 Å². The zero-order valence-corrected chi connectivity index (χ0v) is 36.5. The van der Waals surface area contributed by atoms with Crippen molar-refractivity contribution in [2.45, 2.75) is 120 Å². The normalized spacial score (nSPS) is 24.5. The highest BCUT2D eigenvalue weighted by molar-refractivity contribution is 7.18. The number of rotatable bonds is 12. The maximum atomic E-state index is 13.3. The number of amides is 4. The summed E-state index contributed by atoms with van der Waals surface area (Å²) in [7, 11) is 2.24. The largest absolute Gasteiger partial charge is 0.433 e. The standard InChI is InChI=1S/C46H54F3N7O6S/c1-45(2,62)30-22-34-36(23-33(30)52-40(58)32-8-5-9-37(51-32)46(47,48)49)63-42(53-34)27-14-10-26(11-15-27)24-55(3)28-16-12-25(13-17-28)20-21-50-31-7-4-6-29-39(31)44(61)56(43(29)60)35-18-19-38(57)54-41(35)59/h4-9,22-23,25-28,35,44,50,61-62H,10-21,24H2,1-3H3,(H,52,58)(H,54,57,59). The van der Waals surface area contributed by atoms with E-state index in [2.05, 4.69) is 32.9 Å². The third-order valence-corrected chi connectivity index (χ3v) is 14.6. The summed E-state index contributed by atoms with van der Waals surface area (Å²) in [5, 5.41) is 31.7. The number of piperidine rings is 1.